The lowest BCUT2D eigenvalue weighted by Gasteiger charge is -2.03. The molecule has 0 saturated heterocycles. The van der Waals surface area contributed by atoms with Crippen molar-refractivity contribution in [3.63, 3.8) is 0 Å². The highest BCUT2D eigenvalue weighted by molar-refractivity contribution is 6.22. The lowest BCUT2D eigenvalue weighted by Crippen LogP contribution is -1.99. The molecule has 0 saturated carbocycles. The first-order valence-electron chi connectivity index (χ1n) is 2.71. The Morgan fingerprint density at radius 3 is 2.11 bits per heavy atom. The lowest BCUT2D eigenvalue weighted by atomic mass is 10.3. The molecule has 0 unspecified atom stereocenters. The maximum absolute atomic E-state index is 4.95. The molecule has 1 heterocycles. The first kappa shape index (κ1) is 4.73. The van der Waals surface area contributed by atoms with Crippen LogP contribution in [0.1, 0.15) is 0 Å². The first-order chi connectivity index (χ1) is 4.47. The van der Waals surface area contributed by atoms with E-state index in [0.717, 1.165) is 11.5 Å². The zero-order valence-corrected chi connectivity index (χ0v) is 4.70. The number of rotatable bonds is 0. The van der Waals surface area contributed by atoms with E-state index in [1.165, 1.54) is 7.69 Å². The van der Waals surface area contributed by atoms with E-state index >= 15 is 0 Å². The van der Waals surface area contributed by atoms with Gasteiger partial charge in [0.15, 0.2) is 0 Å². The fourth-order valence-electron chi connectivity index (χ4n) is 0.773. The van der Waals surface area contributed by atoms with Crippen LogP contribution in [0.25, 0.3) is 0 Å². The number of benzene rings is 1. The van der Waals surface area contributed by atoms with Crippen molar-refractivity contribution in [2.24, 2.45) is 0 Å². The van der Waals surface area contributed by atoms with Gasteiger partial charge >= 0.3 is 0 Å². The van der Waals surface area contributed by atoms with Crippen LogP contribution < -0.4 is 9.31 Å². The summed E-state index contributed by atoms with van der Waals surface area (Å²) in [5, 5.41) is 0. The van der Waals surface area contributed by atoms with Crippen molar-refractivity contribution in [1.29, 1.82) is 0 Å². The Bertz CT molecular complexity index is 201. The number of para-hydroxylation sites is 2. The zero-order chi connectivity index (χ0) is 6.10. The monoisotopic (exact) mass is 119 g/mol. The van der Waals surface area contributed by atoms with E-state index in [1.54, 1.807) is 0 Å². The summed E-state index contributed by atoms with van der Waals surface area (Å²) in [5.74, 6) is 1.58. The van der Waals surface area contributed by atoms with Gasteiger partial charge in [0.1, 0.15) is 19.2 Å². The molecule has 1 aromatic rings. The minimum absolute atomic E-state index is 0.789. The molecule has 2 nitrogen and oxygen atoms in total. The van der Waals surface area contributed by atoms with Crippen LogP contribution in [-0.4, -0.2) is 7.69 Å². The smallest absolute Gasteiger partial charge is 0.138 e. The quantitative estimate of drug-likeness (QED) is 0.474. The van der Waals surface area contributed by atoms with Crippen molar-refractivity contribution in [3.8, 4) is 11.5 Å². The van der Waals surface area contributed by atoms with E-state index in [-0.39, 0.29) is 0 Å². The molecule has 44 valence electrons. The second-order valence-electron chi connectivity index (χ2n) is 1.78. The molecule has 1 aliphatic heterocycles. The molecule has 0 aliphatic carbocycles. The molecular weight excluding hydrogens is 115 g/mol. The molecular formula is C6H4BO2-. The molecule has 0 atom stereocenters. The molecule has 2 radical (unpaired) electrons. The molecule has 0 spiro atoms. The largest absolute Gasteiger partial charge is 0.724 e. The van der Waals surface area contributed by atoms with Crippen molar-refractivity contribution < 1.29 is 9.31 Å². The highest BCUT2D eigenvalue weighted by Crippen LogP contribution is 2.29. The van der Waals surface area contributed by atoms with Gasteiger partial charge in [0.05, 0.1) is 0 Å². The maximum Gasteiger partial charge on any atom is 0.138 e. The average molecular weight is 119 g/mol. The third-order valence-corrected chi connectivity index (χ3v) is 1.20. The standard InChI is InChI=1S/C6H4BO2/c1-2-4-6-5(3-1)8-7-9-6/h1-4H/q-1. The van der Waals surface area contributed by atoms with E-state index in [9.17, 15) is 0 Å². The average Bonchev–Trinajstić information content (AvgIpc) is 2.33. The summed E-state index contributed by atoms with van der Waals surface area (Å²) >= 11 is 0. The third kappa shape index (κ3) is 0.651. The third-order valence-electron chi connectivity index (χ3n) is 1.20. The van der Waals surface area contributed by atoms with Gasteiger partial charge in [0, 0.05) is 0 Å². The van der Waals surface area contributed by atoms with E-state index in [1.807, 2.05) is 24.3 Å². The van der Waals surface area contributed by atoms with Gasteiger partial charge in [-0.15, -0.1) is 0 Å². The van der Waals surface area contributed by atoms with Crippen LogP contribution in [-0.2, 0) is 0 Å². The molecule has 0 amide bonds. The van der Waals surface area contributed by atoms with Gasteiger partial charge in [-0.3, -0.25) is 0 Å². The highest BCUT2D eigenvalue weighted by Gasteiger charge is 1.99. The maximum atomic E-state index is 4.95. The molecule has 0 N–H and O–H groups in total. The highest BCUT2D eigenvalue weighted by atomic mass is 16.6. The molecule has 0 fully saturated rings. The number of hydrogen-bond acceptors (Lipinski definition) is 2. The van der Waals surface area contributed by atoms with E-state index < -0.39 is 0 Å². The predicted molar refractivity (Wildman–Crippen MR) is 33.5 cm³/mol. The first-order valence-corrected chi connectivity index (χ1v) is 2.71. The summed E-state index contributed by atoms with van der Waals surface area (Å²) in [4.78, 5) is 0. The Labute approximate surface area is 53.7 Å². The second kappa shape index (κ2) is 1.69. The van der Waals surface area contributed by atoms with Crippen LogP contribution in [0.3, 0.4) is 0 Å². The summed E-state index contributed by atoms with van der Waals surface area (Å²) in [6.45, 7) is 0. The van der Waals surface area contributed by atoms with Crippen LogP contribution in [0.15, 0.2) is 24.3 Å². The Balaban J connectivity index is 2.54. The molecule has 2 rings (SSSR count). The van der Waals surface area contributed by atoms with Crippen LogP contribution in [0, 0.1) is 0 Å². The predicted octanol–water partition coefficient (Wildman–Crippen LogP) is 0.992. The van der Waals surface area contributed by atoms with Gasteiger partial charge < -0.3 is 9.31 Å². The van der Waals surface area contributed by atoms with Crippen molar-refractivity contribution in [3.05, 3.63) is 24.3 Å². The van der Waals surface area contributed by atoms with Gasteiger partial charge in [-0.25, -0.2) is 0 Å². The minimum Gasteiger partial charge on any atom is -0.724 e. The van der Waals surface area contributed by atoms with Gasteiger partial charge in [-0.1, -0.05) is 12.1 Å². The van der Waals surface area contributed by atoms with Gasteiger partial charge in [-0.05, 0) is 12.1 Å². The summed E-state index contributed by atoms with van der Waals surface area (Å²) in [6, 6.07) is 7.53. The van der Waals surface area contributed by atoms with Gasteiger partial charge in [0.2, 0.25) is 0 Å². The van der Waals surface area contributed by atoms with Crippen LogP contribution >= 0.6 is 0 Å². The summed E-state index contributed by atoms with van der Waals surface area (Å²) in [7, 11) is 1.32. The number of hydrogen-bond donors (Lipinski definition) is 0. The Hall–Kier alpha value is -1.12. The second-order valence-corrected chi connectivity index (χ2v) is 1.78. The molecule has 9 heavy (non-hydrogen) atoms. The molecule has 0 aromatic heterocycles. The minimum atomic E-state index is 0.789. The summed E-state index contributed by atoms with van der Waals surface area (Å²) in [5.41, 5.74) is 0. The van der Waals surface area contributed by atoms with E-state index in [0.29, 0.717) is 0 Å². The fourth-order valence-corrected chi connectivity index (χ4v) is 0.773. The Kier molecular flexibility index (Phi) is 0.888. The molecule has 1 aromatic carbocycles. The summed E-state index contributed by atoms with van der Waals surface area (Å²) < 4.78 is 9.90. The van der Waals surface area contributed by atoms with Crippen molar-refractivity contribution in [2.75, 3.05) is 0 Å². The van der Waals surface area contributed by atoms with E-state index in [2.05, 4.69) is 0 Å². The Morgan fingerprint density at radius 1 is 1.00 bits per heavy atom. The normalized spacial score (nSPS) is 13.8. The van der Waals surface area contributed by atoms with Crippen molar-refractivity contribution >= 4 is 7.69 Å². The van der Waals surface area contributed by atoms with Crippen molar-refractivity contribution in [2.45, 2.75) is 0 Å². The van der Waals surface area contributed by atoms with Crippen LogP contribution in [0.2, 0.25) is 0 Å². The van der Waals surface area contributed by atoms with Crippen LogP contribution in [0.4, 0.5) is 0 Å². The van der Waals surface area contributed by atoms with Crippen LogP contribution in [0.5, 0.6) is 11.5 Å². The van der Waals surface area contributed by atoms with Gasteiger partial charge in [-0.2, -0.15) is 0 Å². The molecule has 3 heteroatoms. The van der Waals surface area contributed by atoms with Crippen molar-refractivity contribution in [1.82, 2.24) is 0 Å². The fraction of sp³-hybridized carbons (Fsp3) is 0. The number of fused-ring (bicyclic) bond motifs is 1. The zero-order valence-electron chi connectivity index (χ0n) is 4.70. The van der Waals surface area contributed by atoms with E-state index in [4.69, 9.17) is 9.31 Å². The topological polar surface area (TPSA) is 18.5 Å². The molecule has 1 aliphatic rings. The SMILES string of the molecule is [B-]1Oc2ccccc2O1. The van der Waals surface area contributed by atoms with Gasteiger partial charge in [0.25, 0.3) is 0 Å². The summed E-state index contributed by atoms with van der Waals surface area (Å²) in [6.07, 6.45) is 0. The Morgan fingerprint density at radius 2 is 1.56 bits per heavy atom. The lowest BCUT2D eigenvalue weighted by molar-refractivity contribution is 0.541. The molecule has 0 bridgehead atoms.